The van der Waals surface area contributed by atoms with Crippen LogP contribution in [-0.2, 0) is 29.1 Å². The van der Waals surface area contributed by atoms with Gasteiger partial charge in [-0.05, 0) is 32.9 Å². The van der Waals surface area contributed by atoms with Gasteiger partial charge in [-0.3, -0.25) is 9.59 Å². The summed E-state index contributed by atoms with van der Waals surface area (Å²) >= 11 is 13.2. The molecule has 0 atom stereocenters. The zero-order valence-corrected chi connectivity index (χ0v) is 17.7. The van der Waals surface area contributed by atoms with Crippen molar-refractivity contribution in [3.05, 3.63) is 22.2 Å². The lowest BCUT2D eigenvalue weighted by molar-refractivity contribution is -0.153. The number of hydrogen-bond acceptors (Lipinski definition) is 7. The SMILES string of the molecule is COC(=O)CSc1cc(Cl)c(S(=O)(=O)NCC(=O)OC(C)(C)C)cc1Cl. The molecule has 0 radical (unpaired) electrons. The highest BCUT2D eigenvalue weighted by atomic mass is 35.5. The number of benzene rings is 1. The van der Waals surface area contributed by atoms with E-state index in [1.807, 2.05) is 0 Å². The molecule has 0 aromatic heterocycles. The van der Waals surface area contributed by atoms with Crippen LogP contribution >= 0.6 is 35.0 Å². The molecule has 0 aliphatic rings. The van der Waals surface area contributed by atoms with Crippen molar-refractivity contribution in [3.8, 4) is 0 Å². The predicted molar refractivity (Wildman–Crippen MR) is 100 cm³/mol. The van der Waals surface area contributed by atoms with Gasteiger partial charge in [-0.2, -0.15) is 4.72 Å². The molecule has 1 aromatic rings. The van der Waals surface area contributed by atoms with Crippen LogP contribution in [0.15, 0.2) is 21.9 Å². The van der Waals surface area contributed by atoms with Gasteiger partial charge in [-0.25, -0.2) is 8.42 Å². The average Bonchev–Trinajstić information content (AvgIpc) is 2.51. The van der Waals surface area contributed by atoms with E-state index in [4.69, 9.17) is 27.9 Å². The lowest BCUT2D eigenvalue weighted by atomic mass is 10.2. The number of methoxy groups -OCH3 is 1. The second-order valence-corrected chi connectivity index (χ2v) is 9.56. The fourth-order valence-corrected chi connectivity index (χ4v) is 4.40. The smallest absolute Gasteiger partial charge is 0.321 e. The third-order valence-electron chi connectivity index (χ3n) is 2.68. The van der Waals surface area contributed by atoms with E-state index in [1.165, 1.54) is 13.2 Å². The maximum atomic E-state index is 12.4. The van der Waals surface area contributed by atoms with Crippen molar-refractivity contribution in [3.63, 3.8) is 0 Å². The minimum absolute atomic E-state index is 0.00443. The van der Waals surface area contributed by atoms with Crippen LogP contribution in [0.3, 0.4) is 0 Å². The van der Waals surface area contributed by atoms with E-state index < -0.39 is 34.1 Å². The summed E-state index contributed by atoms with van der Waals surface area (Å²) in [6.07, 6.45) is 0. The van der Waals surface area contributed by atoms with Crippen LogP contribution in [0.2, 0.25) is 10.0 Å². The molecule has 1 N–H and O–H groups in total. The van der Waals surface area contributed by atoms with E-state index in [-0.39, 0.29) is 20.7 Å². The van der Waals surface area contributed by atoms with E-state index in [0.29, 0.717) is 4.90 Å². The number of hydrogen-bond donors (Lipinski definition) is 1. The molecule has 0 amide bonds. The molecule has 0 bridgehead atoms. The Morgan fingerprint density at radius 3 is 2.31 bits per heavy atom. The first-order chi connectivity index (χ1) is 11.9. The van der Waals surface area contributed by atoms with Crippen molar-refractivity contribution < 1.29 is 27.5 Å². The zero-order chi connectivity index (χ0) is 20.1. The molecule has 1 aromatic carbocycles. The molecule has 7 nitrogen and oxygen atoms in total. The Labute approximate surface area is 166 Å². The molecule has 0 fully saturated rings. The van der Waals surface area contributed by atoms with Gasteiger partial charge < -0.3 is 9.47 Å². The molecular formula is C15H19Cl2NO6S2. The molecule has 11 heteroatoms. The van der Waals surface area contributed by atoms with Gasteiger partial charge >= 0.3 is 11.9 Å². The highest BCUT2D eigenvalue weighted by Gasteiger charge is 2.23. The van der Waals surface area contributed by atoms with Gasteiger partial charge in [0.1, 0.15) is 17.0 Å². The van der Waals surface area contributed by atoms with Gasteiger partial charge in [0.25, 0.3) is 0 Å². The second-order valence-electron chi connectivity index (χ2n) is 5.99. The molecule has 0 aliphatic heterocycles. The summed E-state index contributed by atoms with van der Waals surface area (Å²) in [4.78, 5) is 23.0. The minimum Gasteiger partial charge on any atom is -0.468 e. The third kappa shape index (κ3) is 7.32. The van der Waals surface area contributed by atoms with Crippen LogP contribution in [0.5, 0.6) is 0 Å². The number of ether oxygens (including phenoxy) is 2. The topological polar surface area (TPSA) is 98.8 Å². The first-order valence-corrected chi connectivity index (χ1v) is 10.5. The molecule has 26 heavy (non-hydrogen) atoms. The molecule has 0 saturated heterocycles. The van der Waals surface area contributed by atoms with E-state index in [2.05, 4.69) is 9.46 Å². The Morgan fingerprint density at radius 2 is 1.77 bits per heavy atom. The number of thioether (sulfide) groups is 1. The van der Waals surface area contributed by atoms with Crippen LogP contribution in [0.25, 0.3) is 0 Å². The van der Waals surface area contributed by atoms with Crippen molar-refractivity contribution in [1.82, 2.24) is 4.72 Å². The van der Waals surface area contributed by atoms with Crippen LogP contribution in [0.4, 0.5) is 0 Å². The summed E-state index contributed by atoms with van der Waals surface area (Å²) in [5.74, 6) is -1.19. The number of carbonyl (C=O) groups excluding carboxylic acids is 2. The van der Waals surface area contributed by atoms with Gasteiger partial charge in [0.15, 0.2) is 0 Å². The Balaban J connectivity index is 2.91. The number of halogens is 2. The van der Waals surface area contributed by atoms with Crippen molar-refractivity contribution in [1.29, 1.82) is 0 Å². The first kappa shape index (κ1) is 23.0. The number of sulfonamides is 1. The minimum atomic E-state index is -4.08. The van der Waals surface area contributed by atoms with Gasteiger partial charge in [0.05, 0.1) is 22.9 Å². The molecule has 1 rings (SSSR count). The highest BCUT2D eigenvalue weighted by Crippen LogP contribution is 2.34. The van der Waals surface area contributed by atoms with Gasteiger partial charge in [-0.1, -0.05) is 23.2 Å². The van der Waals surface area contributed by atoms with E-state index in [1.54, 1.807) is 20.8 Å². The van der Waals surface area contributed by atoms with E-state index >= 15 is 0 Å². The quantitative estimate of drug-likeness (QED) is 0.510. The molecule has 0 unspecified atom stereocenters. The van der Waals surface area contributed by atoms with Crippen molar-refractivity contribution >= 4 is 56.9 Å². The summed E-state index contributed by atoms with van der Waals surface area (Å²) < 4.78 is 36.4. The fraction of sp³-hybridized carbons (Fsp3) is 0.467. The standard InChI is InChI=1S/C15H19Cl2NO6S2/c1-15(2,3)24-13(19)7-18-26(21,22)12-6-9(16)11(5-10(12)17)25-8-14(20)23-4/h5-6,18H,7-8H2,1-4H3. The average molecular weight is 444 g/mol. The van der Waals surface area contributed by atoms with Gasteiger partial charge in [-0.15, -0.1) is 11.8 Å². The Hall–Kier alpha value is -1.00. The van der Waals surface area contributed by atoms with Crippen molar-refractivity contribution in [2.45, 2.75) is 36.2 Å². The van der Waals surface area contributed by atoms with E-state index in [9.17, 15) is 18.0 Å². The summed E-state index contributed by atoms with van der Waals surface area (Å²) in [6, 6.07) is 2.49. The summed E-state index contributed by atoms with van der Waals surface area (Å²) in [5, 5.41) is -0.000555. The molecular weight excluding hydrogens is 425 g/mol. The largest absolute Gasteiger partial charge is 0.468 e. The molecule has 0 heterocycles. The monoisotopic (exact) mass is 443 g/mol. The Morgan fingerprint density at radius 1 is 1.15 bits per heavy atom. The maximum Gasteiger partial charge on any atom is 0.321 e. The van der Waals surface area contributed by atoms with Crippen LogP contribution < -0.4 is 4.72 Å². The maximum absolute atomic E-state index is 12.4. The van der Waals surface area contributed by atoms with Gasteiger partial charge in [0, 0.05) is 4.90 Å². The van der Waals surface area contributed by atoms with Crippen molar-refractivity contribution in [2.24, 2.45) is 0 Å². The fourth-order valence-electron chi connectivity index (χ4n) is 1.63. The number of rotatable bonds is 7. The predicted octanol–water partition coefficient (Wildman–Crippen LogP) is 2.88. The Bertz CT molecular complexity index is 790. The molecule has 0 saturated carbocycles. The molecule has 0 aliphatic carbocycles. The lowest BCUT2D eigenvalue weighted by Gasteiger charge is -2.19. The summed E-state index contributed by atoms with van der Waals surface area (Å²) in [6.45, 7) is 4.45. The third-order valence-corrected chi connectivity index (χ3v) is 6.00. The number of nitrogens with one attached hydrogen (secondary N) is 1. The highest BCUT2D eigenvalue weighted by molar-refractivity contribution is 8.00. The van der Waals surface area contributed by atoms with Crippen LogP contribution in [0.1, 0.15) is 20.8 Å². The number of carbonyl (C=O) groups is 2. The van der Waals surface area contributed by atoms with Gasteiger partial charge in [0.2, 0.25) is 10.0 Å². The molecule has 0 spiro atoms. The van der Waals surface area contributed by atoms with Crippen LogP contribution in [0, 0.1) is 0 Å². The zero-order valence-electron chi connectivity index (χ0n) is 14.6. The number of esters is 2. The summed E-state index contributed by atoms with van der Waals surface area (Å²) in [5.41, 5.74) is -0.734. The normalized spacial score (nSPS) is 11.9. The second kappa shape index (κ2) is 9.27. The first-order valence-electron chi connectivity index (χ1n) is 7.26. The Kier molecular flexibility index (Phi) is 8.22. The summed E-state index contributed by atoms with van der Waals surface area (Å²) in [7, 11) is -2.83. The lowest BCUT2D eigenvalue weighted by Crippen LogP contribution is -2.34. The van der Waals surface area contributed by atoms with Crippen molar-refractivity contribution in [2.75, 3.05) is 19.4 Å². The van der Waals surface area contributed by atoms with Crippen LogP contribution in [-0.4, -0.2) is 45.4 Å². The molecule has 146 valence electrons. The van der Waals surface area contributed by atoms with E-state index in [0.717, 1.165) is 17.8 Å².